The van der Waals surface area contributed by atoms with Gasteiger partial charge in [0.05, 0.1) is 5.60 Å². The second-order valence-electron chi connectivity index (χ2n) is 4.24. The van der Waals surface area contributed by atoms with E-state index in [4.69, 9.17) is 4.52 Å². The predicted molar refractivity (Wildman–Crippen MR) is 56.7 cm³/mol. The molecular formula is C9H18N4O2. The second-order valence-corrected chi connectivity index (χ2v) is 4.24. The molecule has 0 fully saturated rings. The molecule has 0 radical (unpaired) electrons. The van der Waals surface area contributed by atoms with Gasteiger partial charge in [-0.05, 0) is 27.9 Å². The Bertz CT molecular complexity index is 309. The van der Waals surface area contributed by atoms with Crippen molar-refractivity contribution >= 4 is 6.01 Å². The monoisotopic (exact) mass is 214 g/mol. The lowest BCUT2D eigenvalue weighted by Crippen LogP contribution is -2.43. The van der Waals surface area contributed by atoms with Crippen molar-refractivity contribution in [3.8, 4) is 0 Å². The number of aryl methyl sites for hydroxylation is 1. The average Bonchev–Trinajstić information content (AvgIpc) is 2.46. The number of aliphatic hydroxyl groups is 1. The zero-order valence-corrected chi connectivity index (χ0v) is 9.61. The van der Waals surface area contributed by atoms with Crippen LogP contribution in [0, 0.1) is 6.92 Å². The molecule has 1 atom stereocenters. The van der Waals surface area contributed by atoms with E-state index in [0.717, 1.165) is 0 Å². The molecule has 0 aliphatic rings. The summed E-state index contributed by atoms with van der Waals surface area (Å²) in [5, 5.41) is 16.5. The minimum Gasteiger partial charge on any atom is -0.387 e. The van der Waals surface area contributed by atoms with Gasteiger partial charge in [0, 0.05) is 13.1 Å². The van der Waals surface area contributed by atoms with Gasteiger partial charge in [0.2, 0.25) is 0 Å². The normalized spacial score (nSPS) is 15.3. The van der Waals surface area contributed by atoms with Gasteiger partial charge in [0.25, 0.3) is 0 Å². The molecule has 1 unspecified atom stereocenters. The molecule has 1 heterocycles. The number of anilines is 1. The molecule has 0 aliphatic heterocycles. The minimum absolute atomic E-state index is 0.339. The summed E-state index contributed by atoms with van der Waals surface area (Å²) in [6.45, 7) is 4.43. The fourth-order valence-corrected chi connectivity index (χ4v) is 1.37. The van der Waals surface area contributed by atoms with Crippen LogP contribution in [-0.2, 0) is 0 Å². The molecule has 0 aromatic carbocycles. The Morgan fingerprint density at radius 3 is 2.67 bits per heavy atom. The molecule has 1 aromatic heterocycles. The average molecular weight is 214 g/mol. The van der Waals surface area contributed by atoms with Crippen LogP contribution in [0.1, 0.15) is 12.7 Å². The van der Waals surface area contributed by atoms with Gasteiger partial charge < -0.3 is 19.8 Å². The van der Waals surface area contributed by atoms with E-state index >= 15 is 0 Å². The van der Waals surface area contributed by atoms with Gasteiger partial charge in [-0.15, -0.1) is 0 Å². The largest absolute Gasteiger partial charge is 0.387 e. The topological polar surface area (TPSA) is 74.4 Å². The summed E-state index contributed by atoms with van der Waals surface area (Å²) >= 11 is 0. The van der Waals surface area contributed by atoms with Crippen molar-refractivity contribution in [2.24, 2.45) is 0 Å². The molecule has 15 heavy (non-hydrogen) atoms. The lowest BCUT2D eigenvalue weighted by atomic mass is 10.1. The van der Waals surface area contributed by atoms with Crippen LogP contribution in [0.5, 0.6) is 0 Å². The SMILES string of the molecule is Cc1noc(NCC(C)(O)CN(C)C)n1. The van der Waals surface area contributed by atoms with E-state index in [1.807, 2.05) is 19.0 Å². The molecule has 6 heteroatoms. The quantitative estimate of drug-likeness (QED) is 0.724. The second kappa shape index (κ2) is 4.59. The first-order valence-electron chi connectivity index (χ1n) is 4.80. The third-order valence-corrected chi connectivity index (χ3v) is 1.80. The fraction of sp³-hybridized carbons (Fsp3) is 0.778. The molecule has 0 saturated carbocycles. The first-order chi connectivity index (χ1) is 6.89. The number of nitrogens with zero attached hydrogens (tertiary/aromatic N) is 3. The van der Waals surface area contributed by atoms with Crippen molar-refractivity contribution in [2.75, 3.05) is 32.5 Å². The van der Waals surface area contributed by atoms with Crippen molar-refractivity contribution in [2.45, 2.75) is 19.4 Å². The standard InChI is InChI=1S/C9H18N4O2/c1-7-11-8(15-12-7)10-5-9(2,14)6-13(3)4/h14H,5-6H2,1-4H3,(H,10,11,12). The van der Waals surface area contributed by atoms with Crippen molar-refractivity contribution in [1.29, 1.82) is 0 Å². The summed E-state index contributed by atoms with van der Waals surface area (Å²) in [5.74, 6) is 0.574. The van der Waals surface area contributed by atoms with Crippen LogP contribution in [0.25, 0.3) is 0 Å². The summed E-state index contributed by atoms with van der Waals surface area (Å²) in [7, 11) is 3.82. The number of nitrogens with one attached hydrogen (secondary N) is 1. The Balaban J connectivity index is 2.42. The van der Waals surface area contributed by atoms with Crippen LogP contribution in [0.2, 0.25) is 0 Å². The van der Waals surface area contributed by atoms with Crippen LogP contribution in [0.3, 0.4) is 0 Å². The first kappa shape index (κ1) is 11.9. The maximum absolute atomic E-state index is 9.96. The van der Waals surface area contributed by atoms with Gasteiger partial charge in [-0.2, -0.15) is 4.98 Å². The Morgan fingerprint density at radius 2 is 2.20 bits per heavy atom. The summed E-state index contributed by atoms with van der Waals surface area (Å²) in [6.07, 6.45) is 0. The van der Waals surface area contributed by atoms with Crippen molar-refractivity contribution < 1.29 is 9.63 Å². The van der Waals surface area contributed by atoms with Crippen molar-refractivity contribution in [1.82, 2.24) is 15.0 Å². The molecule has 1 aromatic rings. The highest BCUT2D eigenvalue weighted by molar-refractivity contribution is 5.18. The zero-order valence-electron chi connectivity index (χ0n) is 9.61. The first-order valence-corrected chi connectivity index (χ1v) is 4.80. The number of aromatic nitrogens is 2. The Kier molecular flexibility index (Phi) is 3.65. The Morgan fingerprint density at radius 1 is 1.53 bits per heavy atom. The van der Waals surface area contributed by atoms with Gasteiger partial charge >= 0.3 is 6.01 Å². The van der Waals surface area contributed by atoms with Gasteiger partial charge in [0.15, 0.2) is 5.82 Å². The van der Waals surface area contributed by atoms with Gasteiger partial charge in [-0.1, -0.05) is 5.16 Å². The number of hydrogen-bond acceptors (Lipinski definition) is 6. The highest BCUT2D eigenvalue weighted by atomic mass is 16.5. The van der Waals surface area contributed by atoms with Gasteiger partial charge in [-0.3, -0.25) is 0 Å². The molecule has 0 aliphatic carbocycles. The number of rotatable bonds is 5. The van der Waals surface area contributed by atoms with Gasteiger partial charge in [-0.25, -0.2) is 0 Å². The number of hydrogen-bond donors (Lipinski definition) is 2. The fourth-order valence-electron chi connectivity index (χ4n) is 1.37. The summed E-state index contributed by atoms with van der Waals surface area (Å²) in [4.78, 5) is 5.90. The molecule has 0 saturated heterocycles. The van der Waals surface area contributed by atoms with Crippen LogP contribution in [0.4, 0.5) is 6.01 Å². The maximum atomic E-state index is 9.96. The summed E-state index contributed by atoms with van der Waals surface area (Å²) < 4.78 is 4.87. The van der Waals surface area contributed by atoms with Gasteiger partial charge in [0.1, 0.15) is 0 Å². The molecule has 86 valence electrons. The molecule has 0 bridgehead atoms. The van der Waals surface area contributed by atoms with Crippen molar-refractivity contribution in [3.05, 3.63) is 5.82 Å². The zero-order chi connectivity index (χ0) is 11.5. The van der Waals surface area contributed by atoms with E-state index in [2.05, 4.69) is 15.5 Å². The van der Waals surface area contributed by atoms with E-state index in [1.54, 1.807) is 13.8 Å². The Labute approximate surface area is 89.3 Å². The molecule has 0 spiro atoms. The van der Waals surface area contributed by atoms with E-state index in [9.17, 15) is 5.11 Å². The van der Waals surface area contributed by atoms with Crippen LogP contribution in [-0.4, -0.2) is 52.9 Å². The predicted octanol–water partition coefficient (Wildman–Crippen LogP) is 0.103. The minimum atomic E-state index is -0.828. The lowest BCUT2D eigenvalue weighted by molar-refractivity contribution is 0.0454. The van der Waals surface area contributed by atoms with E-state index in [-0.39, 0.29) is 0 Å². The molecule has 1 rings (SSSR count). The number of likely N-dealkylation sites (N-methyl/N-ethyl adjacent to an activating group) is 1. The summed E-state index contributed by atoms with van der Waals surface area (Å²) in [5.41, 5.74) is -0.828. The van der Waals surface area contributed by atoms with E-state index in [1.165, 1.54) is 0 Å². The Hall–Kier alpha value is -1.14. The van der Waals surface area contributed by atoms with Crippen molar-refractivity contribution in [3.63, 3.8) is 0 Å². The smallest absolute Gasteiger partial charge is 0.321 e. The van der Waals surface area contributed by atoms with Crippen LogP contribution in [0.15, 0.2) is 4.52 Å². The third-order valence-electron chi connectivity index (χ3n) is 1.80. The maximum Gasteiger partial charge on any atom is 0.321 e. The summed E-state index contributed by atoms with van der Waals surface area (Å²) in [6, 6.07) is 0.339. The van der Waals surface area contributed by atoms with Crippen LogP contribution >= 0.6 is 0 Å². The highest BCUT2D eigenvalue weighted by Gasteiger charge is 2.21. The molecule has 2 N–H and O–H groups in total. The highest BCUT2D eigenvalue weighted by Crippen LogP contribution is 2.08. The lowest BCUT2D eigenvalue weighted by Gasteiger charge is -2.26. The third kappa shape index (κ3) is 4.26. The molecule has 0 amide bonds. The molecule has 6 nitrogen and oxygen atoms in total. The van der Waals surface area contributed by atoms with E-state index < -0.39 is 5.60 Å². The molecular weight excluding hydrogens is 196 g/mol. The van der Waals surface area contributed by atoms with Crippen LogP contribution < -0.4 is 5.32 Å². The van der Waals surface area contributed by atoms with E-state index in [0.29, 0.717) is 24.9 Å².